The number of nitro groups is 1. The first-order valence-corrected chi connectivity index (χ1v) is 6.57. The monoisotopic (exact) mass is 330 g/mol. The van der Waals surface area contributed by atoms with E-state index in [1.807, 2.05) is 6.92 Å². The normalized spacial score (nSPS) is 11.9. The van der Waals surface area contributed by atoms with E-state index in [1.165, 1.54) is 18.2 Å². The smallest absolute Gasteiger partial charge is 0.271 e. The predicted octanol–water partition coefficient (Wildman–Crippen LogP) is 2.11. The van der Waals surface area contributed by atoms with Crippen LogP contribution in [-0.2, 0) is 0 Å². The minimum absolute atomic E-state index is 0.0688. The maximum Gasteiger partial charge on any atom is 0.271 e. The summed E-state index contributed by atoms with van der Waals surface area (Å²) in [4.78, 5) is 22.0. The largest absolute Gasteiger partial charge is 0.396 e. The fraction of sp³-hybridized carbons (Fsp3) is 0.417. The molecule has 2 N–H and O–H groups in total. The highest BCUT2D eigenvalue weighted by Crippen LogP contribution is 2.21. The van der Waals surface area contributed by atoms with Gasteiger partial charge in [0, 0.05) is 35.3 Å². The summed E-state index contributed by atoms with van der Waals surface area (Å²) in [6.07, 6.45) is 0.596. The van der Waals surface area contributed by atoms with Crippen LogP contribution < -0.4 is 5.32 Å². The van der Waals surface area contributed by atoms with Crippen LogP contribution in [0.2, 0.25) is 0 Å². The molecule has 1 aromatic rings. The second kappa shape index (κ2) is 7.20. The number of rotatable bonds is 6. The Morgan fingerprint density at radius 1 is 1.53 bits per heavy atom. The summed E-state index contributed by atoms with van der Waals surface area (Å²) in [7, 11) is 0. The van der Waals surface area contributed by atoms with Gasteiger partial charge in [-0.2, -0.15) is 0 Å². The Labute approximate surface area is 119 Å². The molecule has 0 aromatic heterocycles. The van der Waals surface area contributed by atoms with Crippen LogP contribution in [0.4, 0.5) is 5.69 Å². The fourth-order valence-corrected chi connectivity index (χ4v) is 1.98. The second-order valence-electron chi connectivity index (χ2n) is 4.28. The summed E-state index contributed by atoms with van der Waals surface area (Å²) in [6.45, 7) is 2.39. The van der Waals surface area contributed by atoms with Gasteiger partial charge in [0.25, 0.3) is 11.6 Å². The predicted molar refractivity (Wildman–Crippen MR) is 74.0 cm³/mol. The average molecular weight is 331 g/mol. The number of carbonyl (C=O) groups is 1. The SMILES string of the molecule is CC(CCO)CNC(=O)c1cc(Br)cc([N+](=O)[O-])c1. The standard InChI is InChI=1S/C12H15BrN2O4/c1-8(2-3-16)7-14-12(17)9-4-10(13)6-11(5-9)15(18)19/h4-6,8,16H,2-3,7H2,1H3,(H,14,17). The van der Waals surface area contributed by atoms with E-state index in [2.05, 4.69) is 21.2 Å². The molecular formula is C12H15BrN2O4. The van der Waals surface area contributed by atoms with Gasteiger partial charge in [-0.15, -0.1) is 0 Å². The lowest BCUT2D eigenvalue weighted by Crippen LogP contribution is -2.28. The van der Waals surface area contributed by atoms with Gasteiger partial charge >= 0.3 is 0 Å². The number of aliphatic hydroxyl groups excluding tert-OH is 1. The fourth-order valence-electron chi connectivity index (χ4n) is 1.50. The minimum Gasteiger partial charge on any atom is -0.396 e. The molecule has 0 aliphatic carbocycles. The Morgan fingerprint density at radius 2 is 2.21 bits per heavy atom. The first-order valence-electron chi connectivity index (χ1n) is 5.78. The minimum atomic E-state index is -0.546. The molecule has 0 bridgehead atoms. The maximum absolute atomic E-state index is 11.9. The zero-order chi connectivity index (χ0) is 14.4. The molecule has 104 valence electrons. The molecule has 0 heterocycles. The van der Waals surface area contributed by atoms with E-state index in [4.69, 9.17) is 5.11 Å². The van der Waals surface area contributed by atoms with E-state index >= 15 is 0 Å². The molecule has 6 nitrogen and oxygen atoms in total. The highest BCUT2D eigenvalue weighted by atomic mass is 79.9. The van der Waals surface area contributed by atoms with Gasteiger partial charge in [-0.1, -0.05) is 22.9 Å². The van der Waals surface area contributed by atoms with Gasteiger partial charge in [0.1, 0.15) is 0 Å². The van der Waals surface area contributed by atoms with Crippen molar-refractivity contribution in [2.75, 3.05) is 13.2 Å². The molecule has 7 heteroatoms. The summed E-state index contributed by atoms with van der Waals surface area (Å²) < 4.78 is 0.482. The van der Waals surface area contributed by atoms with Crippen LogP contribution in [-0.4, -0.2) is 29.1 Å². The van der Waals surface area contributed by atoms with E-state index in [0.29, 0.717) is 17.4 Å². The van der Waals surface area contributed by atoms with Gasteiger partial charge in [-0.25, -0.2) is 0 Å². The van der Waals surface area contributed by atoms with Crippen molar-refractivity contribution >= 4 is 27.5 Å². The maximum atomic E-state index is 11.9. The molecule has 0 spiro atoms. The zero-order valence-corrected chi connectivity index (χ0v) is 12.0. The summed E-state index contributed by atoms with van der Waals surface area (Å²) in [6, 6.07) is 4.10. The van der Waals surface area contributed by atoms with Gasteiger partial charge in [-0.3, -0.25) is 14.9 Å². The van der Waals surface area contributed by atoms with Crippen LogP contribution in [0.3, 0.4) is 0 Å². The van der Waals surface area contributed by atoms with Gasteiger partial charge < -0.3 is 10.4 Å². The molecule has 1 rings (SSSR count). The lowest BCUT2D eigenvalue weighted by atomic mass is 10.1. The zero-order valence-electron chi connectivity index (χ0n) is 10.4. The quantitative estimate of drug-likeness (QED) is 0.617. The van der Waals surface area contributed by atoms with E-state index in [0.717, 1.165) is 0 Å². The number of carbonyl (C=O) groups excluding carboxylic acids is 1. The third kappa shape index (κ3) is 4.96. The van der Waals surface area contributed by atoms with Crippen molar-refractivity contribution in [3.63, 3.8) is 0 Å². The van der Waals surface area contributed by atoms with Crippen LogP contribution in [0, 0.1) is 16.0 Å². The first kappa shape index (κ1) is 15.6. The van der Waals surface area contributed by atoms with E-state index < -0.39 is 4.92 Å². The molecule has 1 unspecified atom stereocenters. The summed E-state index contributed by atoms with van der Waals surface area (Å²) in [5.41, 5.74) is 0.0974. The Bertz CT molecular complexity index is 479. The van der Waals surface area contributed by atoms with E-state index in [9.17, 15) is 14.9 Å². The van der Waals surface area contributed by atoms with Crippen molar-refractivity contribution in [2.45, 2.75) is 13.3 Å². The van der Waals surface area contributed by atoms with Crippen molar-refractivity contribution in [3.8, 4) is 0 Å². The molecule has 1 aromatic carbocycles. The molecule has 0 radical (unpaired) electrons. The summed E-state index contributed by atoms with van der Waals surface area (Å²) in [5.74, 6) is -0.217. The Kier molecular flexibility index (Phi) is 5.91. The number of benzene rings is 1. The van der Waals surface area contributed by atoms with Crippen LogP contribution in [0.5, 0.6) is 0 Å². The number of amides is 1. The van der Waals surface area contributed by atoms with Crippen LogP contribution in [0.25, 0.3) is 0 Å². The van der Waals surface area contributed by atoms with Gasteiger partial charge in [0.05, 0.1) is 4.92 Å². The second-order valence-corrected chi connectivity index (χ2v) is 5.20. The number of nitrogens with one attached hydrogen (secondary N) is 1. The number of nitrogens with zero attached hydrogens (tertiary/aromatic N) is 1. The van der Waals surface area contributed by atoms with E-state index in [-0.39, 0.29) is 29.7 Å². The molecular weight excluding hydrogens is 316 g/mol. The molecule has 0 fully saturated rings. The molecule has 0 aliphatic heterocycles. The lowest BCUT2D eigenvalue weighted by molar-refractivity contribution is -0.385. The number of non-ortho nitro benzene ring substituents is 1. The molecule has 1 atom stereocenters. The Hall–Kier alpha value is -1.47. The number of hydrogen-bond donors (Lipinski definition) is 2. The first-order chi connectivity index (χ1) is 8.93. The highest BCUT2D eigenvalue weighted by molar-refractivity contribution is 9.10. The van der Waals surface area contributed by atoms with E-state index in [1.54, 1.807) is 0 Å². The highest BCUT2D eigenvalue weighted by Gasteiger charge is 2.14. The van der Waals surface area contributed by atoms with Gasteiger partial charge in [0.15, 0.2) is 0 Å². The average Bonchev–Trinajstić information content (AvgIpc) is 2.35. The lowest BCUT2D eigenvalue weighted by Gasteiger charge is -2.11. The Balaban J connectivity index is 2.74. The van der Waals surface area contributed by atoms with Crippen molar-refractivity contribution in [1.29, 1.82) is 0 Å². The molecule has 19 heavy (non-hydrogen) atoms. The van der Waals surface area contributed by atoms with Gasteiger partial charge in [-0.05, 0) is 18.4 Å². The third-order valence-electron chi connectivity index (χ3n) is 2.59. The number of halogens is 1. The van der Waals surface area contributed by atoms with Crippen LogP contribution in [0.15, 0.2) is 22.7 Å². The number of nitro benzene ring substituents is 1. The number of aliphatic hydroxyl groups is 1. The van der Waals surface area contributed by atoms with Crippen molar-refractivity contribution in [1.82, 2.24) is 5.32 Å². The van der Waals surface area contributed by atoms with Crippen LogP contribution >= 0.6 is 15.9 Å². The van der Waals surface area contributed by atoms with Gasteiger partial charge in [0.2, 0.25) is 0 Å². The molecule has 0 saturated carbocycles. The molecule has 1 amide bonds. The summed E-state index contributed by atoms with van der Waals surface area (Å²) in [5, 5.41) is 22.1. The Morgan fingerprint density at radius 3 is 2.79 bits per heavy atom. The number of hydrogen-bond acceptors (Lipinski definition) is 4. The topological polar surface area (TPSA) is 92.5 Å². The van der Waals surface area contributed by atoms with Crippen molar-refractivity contribution < 1.29 is 14.8 Å². The van der Waals surface area contributed by atoms with Crippen molar-refractivity contribution in [3.05, 3.63) is 38.3 Å². The molecule has 0 aliphatic rings. The van der Waals surface area contributed by atoms with Crippen LogP contribution in [0.1, 0.15) is 23.7 Å². The summed E-state index contributed by atoms with van der Waals surface area (Å²) >= 11 is 3.14. The third-order valence-corrected chi connectivity index (χ3v) is 3.05. The van der Waals surface area contributed by atoms with Crippen molar-refractivity contribution in [2.24, 2.45) is 5.92 Å². The molecule has 0 saturated heterocycles.